The second-order valence-corrected chi connectivity index (χ2v) is 15.0. The molecule has 0 amide bonds. The quantitative estimate of drug-likeness (QED) is 0.514. The van der Waals surface area contributed by atoms with Gasteiger partial charge in [-0.3, -0.25) is 0 Å². The van der Waals surface area contributed by atoms with Crippen LogP contribution in [-0.4, -0.2) is 44.5 Å². The number of thioether (sulfide) groups is 1. The predicted octanol–water partition coefficient (Wildman–Crippen LogP) is 5.05. The van der Waals surface area contributed by atoms with E-state index in [0.29, 0.717) is 0 Å². The van der Waals surface area contributed by atoms with Crippen LogP contribution in [0, 0.1) is 0 Å². The van der Waals surface area contributed by atoms with Crippen molar-refractivity contribution in [2.24, 2.45) is 0 Å². The zero-order chi connectivity index (χ0) is 19.2. The van der Waals surface area contributed by atoms with E-state index in [4.69, 9.17) is 18.6 Å². The molecule has 1 aromatic carbocycles. The first kappa shape index (κ1) is 20.4. The van der Waals surface area contributed by atoms with Gasteiger partial charge in [0.05, 0.1) is 6.10 Å². The molecule has 0 aliphatic carbocycles. The predicted molar refractivity (Wildman–Crippen MR) is 108 cm³/mol. The van der Waals surface area contributed by atoms with E-state index < -0.39 is 14.1 Å². The number of ether oxygens (including phenoxy) is 3. The van der Waals surface area contributed by atoms with E-state index in [2.05, 4.69) is 58.1 Å². The van der Waals surface area contributed by atoms with Crippen molar-refractivity contribution in [3.63, 3.8) is 0 Å². The molecule has 0 N–H and O–H groups in total. The van der Waals surface area contributed by atoms with Gasteiger partial charge in [0.1, 0.15) is 12.2 Å². The molecule has 3 rings (SSSR count). The van der Waals surface area contributed by atoms with Crippen LogP contribution in [0.15, 0.2) is 35.2 Å². The van der Waals surface area contributed by atoms with Crippen LogP contribution >= 0.6 is 11.8 Å². The normalized spacial score (nSPS) is 31.2. The summed E-state index contributed by atoms with van der Waals surface area (Å²) < 4.78 is 25.1. The number of hydrogen-bond acceptors (Lipinski definition) is 5. The van der Waals surface area contributed by atoms with Crippen LogP contribution in [0.1, 0.15) is 34.6 Å². The van der Waals surface area contributed by atoms with E-state index in [-0.39, 0.29) is 29.6 Å². The first-order chi connectivity index (χ1) is 12.0. The van der Waals surface area contributed by atoms with E-state index in [1.54, 1.807) is 11.8 Å². The highest BCUT2D eigenvalue weighted by atomic mass is 32.2. The van der Waals surface area contributed by atoms with Crippen molar-refractivity contribution in [2.75, 3.05) is 5.75 Å². The van der Waals surface area contributed by atoms with Gasteiger partial charge in [-0.1, -0.05) is 39.0 Å². The lowest BCUT2D eigenvalue weighted by molar-refractivity contribution is -0.210. The molecule has 0 saturated carbocycles. The highest BCUT2D eigenvalue weighted by Crippen LogP contribution is 2.44. The molecule has 1 aromatic rings. The largest absolute Gasteiger partial charge is 0.408 e. The fraction of sp³-hybridized carbons (Fsp3) is 0.700. The second-order valence-electron chi connectivity index (χ2n) is 9.11. The molecule has 2 saturated heterocycles. The molecule has 0 aromatic heterocycles. The molecular formula is C20H32O4SSi. The molecule has 4 nitrogen and oxygen atoms in total. The second kappa shape index (κ2) is 7.22. The summed E-state index contributed by atoms with van der Waals surface area (Å²) >= 11 is 1.79. The molecule has 2 heterocycles. The fourth-order valence-electron chi connectivity index (χ4n) is 3.04. The Balaban J connectivity index is 1.75. The fourth-order valence-corrected chi connectivity index (χ4v) is 5.33. The van der Waals surface area contributed by atoms with Gasteiger partial charge in [0, 0.05) is 10.6 Å². The van der Waals surface area contributed by atoms with Crippen molar-refractivity contribution >= 4 is 20.1 Å². The van der Waals surface area contributed by atoms with E-state index in [1.807, 2.05) is 19.9 Å². The van der Waals surface area contributed by atoms with E-state index in [9.17, 15) is 0 Å². The summed E-state index contributed by atoms with van der Waals surface area (Å²) in [6, 6.07) is 10.4. The Morgan fingerprint density at radius 2 is 1.77 bits per heavy atom. The maximum absolute atomic E-state index is 6.77. The van der Waals surface area contributed by atoms with E-state index in [1.165, 1.54) is 4.90 Å². The molecule has 0 bridgehead atoms. The van der Waals surface area contributed by atoms with Crippen molar-refractivity contribution in [1.82, 2.24) is 0 Å². The van der Waals surface area contributed by atoms with Crippen molar-refractivity contribution in [3.8, 4) is 0 Å². The number of benzene rings is 1. The van der Waals surface area contributed by atoms with Crippen LogP contribution in [0.4, 0.5) is 0 Å². The Kier molecular flexibility index (Phi) is 5.66. The van der Waals surface area contributed by atoms with Gasteiger partial charge in [-0.15, -0.1) is 11.8 Å². The topological polar surface area (TPSA) is 36.9 Å². The molecule has 2 aliphatic heterocycles. The zero-order valence-corrected chi connectivity index (χ0v) is 18.8. The first-order valence-electron chi connectivity index (χ1n) is 9.35. The van der Waals surface area contributed by atoms with Crippen LogP contribution in [0.3, 0.4) is 0 Å². The highest BCUT2D eigenvalue weighted by molar-refractivity contribution is 7.99. The zero-order valence-electron chi connectivity index (χ0n) is 16.9. The molecule has 0 spiro atoms. The smallest absolute Gasteiger partial charge is 0.192 e. The van der Waals surface area contributed by atoms with E-state index in [0.717, 1.165) is 5.75 Å². The minimum absolute atomic E-state index is 0.0413. The Bertz CT molecular complexity index is 614. The number of fused-ring (bicyclic) bond motifs is 1. The maximum Gasteiger partial charge on any atom is 0.192 e. The standard InChI is InChI=1S/C20H32O4SSi/c1-19(2,3)26(6,7)24-16-15(13-25-14-11-9-8-10-12-14)21-18-17(16)22-20(4,5)23-18/h8-12,15-18H,13H2,1-7H3/t15-,16+,17-,18-/m1/s1. The van der Waals surface area contributed by atoms with Crippen LogP contribution < -0.4 is 0 Å². The maximum atomic E-state index is 6.77. The van der Waals surface area contributed by atoms with Gasteiger partial charge in [0.25, 0.3) is 0 Å². The molecule has 2 fully saturated rings. The molecule has 146 valence electrons. The average molecular weight is 397 g/mol. The summed E-state index contributed by atoms with van der Waals surface area (Å²) in [4.78, 5) is 1.24. The van der Waals surface area contributed by atoms with Crippen LogP contribution in [-0.2, 0) is 18.6 Å². The summed E-state index contributed by atoms with van der Waals surface area (Å²) in [5.74, 6) is 0.200. The monoisotopic (exact) mass is 396 g/mol. The highest BCUT2D eigenvalue weighted by Gasteiger charge is 2.57. The van der Waals surface area contributed by atoms with Crippen molar-refractivity contribution in [1.29, 1.82) is 0 Å². The molecule has 0 unspecified atom stereocenters. The van der Waals surface area contributed by atoms with Crippen molar-refractivity contribution in [2.45, 2.75) is 88.0 Å². The molecular weight excluding hydrogens is 364 g/mol. The summed E-state index contributed by atoms with van der Waals surface area (Å²) in [6.07, 6.45) is -0.652. The minimum Gasteiger partial charge on any atom is -0.408 e. The third-order valence-electron chi connectivity index (χ3n) is 5.48. The minimum atomic E-state index is -1.95. The SMILES string of the molecule is CC1(C)O[C@H]2O[C@H](CSc3ccccc3)[C@H](O[Si](C)(C)C(C)(C)C)[C@H]2O1. The summed E-state index contributed by atoms with van der Waals surface area (Å²) in [7, 11) is -1.95. The summed E-state index contributed by atoms with van der Waals surface area (Å²) in [5, 5.41) is 0.136. The van der Waals surface area contributed by atoms with Gasteiger partial charge < -0.3 is 18.6 Å². The Morgan fingerprint density at radius 3 is 2.38 bits per heavy atom. The van der Waals surface area contributed by atoms with Crippen LogP contribution in [0.5, 0.6) is 0 Å². The lowest BCUT2D eigenvalue weighted by Gasteiger charge is -2.40. The van der Waals surface area contributed by atoms with Gasteiger partial charge in [0.15, 0.2) is 20.4 Å². The van der Waals surface area contributed by atoms with Crippen molar-refractivity contribution < 1.29 is 18.6 Å². The molecule has 0 radical (unpaired) electrons. The van der Waals surface area contributed by atoms with Crippen molar-refractivity contribution in [3.05, 3.63) is 30.3 Å². The van der Waals surface area contributed by atoms with Gasteiger partial charge in [-0.05, 0) is 44.1 Å². The van der Waals surface area contributed by atoms with Crippen LogP contribution in [0.2, 0.25) is 18.1 Å². The average Bonchev–Trinajstić information content (AvgIpc) is 2.98. The Hall–Kier alpha value is -0.373. The number of rotatable bonds is 5. The Labute approximate surface area is 163 Å². The third kappa shape index (κ3) is 4.37. The van der Waals surface area contributed by atoms with Gasteiger partial charge in [-0.2, -0.15) is 0 Å². The van der Waals surface area contributed by atoms with Gasteiger partial charge in [0.2, 0.25) is 0 Å². The molecule has 2 aliphatic rings. The van der Waals surface area contributed by atoms with E-state index >= 15 is 0 Å². The molecule has 4 atom stereocenters. The lowest BCUT2D eigenvalue weighted by atomic mass is 10.1. The van der Waals surface area contributed by atoms with Gasteiger partial charge >= 0.3 is 0 Å². The summed E-state index contributed by atoms with van der Waals surface area (Å²) in [5.41, 5.74) is 0. The van der Waals surface area contributed by atoms with Gasteiger partial charge in [-0.25, -0.2) is 0 Å². The third-order valence-corrected chi connectivity index (χ3v) is 11.1. The molecule has 26 heavy (non-hydrogen) atoms. The first-order valence-corrected chi connectivity index (χ1v) is 13.2. The molecule has 6 heteroatoms. The van der Waals surface area contributed by atoms with Crippen LogP contribution in [0.25, 0.3) is 0 Å². The lowest BCUT2D eigenvalue weighted by Crippen LogP contribution is -2.50. The number of hydrogen-bond donors (Lipinski definition) is 0. The summed E-state index contributed by atoms with van der Waals surface area (Å²) in [6.45, 7) is 15.2. The Morgan fingerprint density at radius 1 is 1.12 bits per heavy atom.